The molecule has 0 atom stereocenters. The number of hydrogen-bond donors (Lipinski definition) is 1. The highest BCUT2D eigenvalue weighted by Gasteiger charge is 2.35. The van der Waals surface area contributed by atoms with E-state index >= 15 is 0 Å². The molecule has 0 saturated heterocycles. The lowest BCUT2D eigenvalue weighted by Crippen LogP contribution is -2.25. The van der Waals surface area contributed by atoms with Crippen LogP contribution in [-0.2, 0) is 32.7 Å². The minimum Gasteiger partial charge on any atom is -0.322 e. The Morgan fingerprint density at radius 1 is 1.33 bits per heavy atom. The molecule has 4 heterocycles. The number of aryl methyl sites for hydroxylation is 1. The van der Waals surface area contributed by atoms with Gasteiger partial charge in [-0.1, -0.05) is 0 Å². The van der Waals surface area contributed by atoms with Crippen LogP contribution >= 0.6 is 0 Å². The lowest BCUT2D eigenvalue weighted by Gasteiger charge is -2.16. The molecule has 0 fully saturated rings. The number of halogens is 3. The van der Waals surface area contributed by atoms with Gasteiger partial charge in [-0.2, -0.15) is 18.3 Å². The molecule has 0 bridgehead atoms. The van der Waals surface area contributed by atoms with Crippen LogP contribution < -0.4 is 5.32 Å². The smallest absolute Gasteiger partial charge is 0.322 e. The number of aromatic nitrogens is 4. The van der Waals surface area contributed by atoms with Crippen LogP contribution in [0.15, 0.2) is 24.4 Å². The van der Waals surface area contributed by atoms with Crippen molar-refractivity contribution in [3.05, 3.63) is 47.0 Å². The molecule has 0 radical (unpaired) electrons. The van der Waals surface area contributed by atoms with Crippen LogP contribution in [0.5, 0.6) is 0 Å². The fourth-order valence-corrected chi connectivity index (χ4v) is 3.40. The number of fused-ring (bicyclic) bond motifs is 3. The number of pyridine rings is 1. The zero-order valence-corrected chi connectivity index (χ0v) is 13.1. The normalized spacial score (nSPS) is 15.0. The first-order valence-corrected chi connectivity index (χ1v) is 7.71. The number of nitrogens with zero attached hydrogens (tertiary/aromatic N) is 4. The van der Waals surface area contributed by atoms with Gasteiger partial charge in [0.15, 0.2) is 0 Å². The maximum Gasteiger partial charge on any atom is 0.433 e. The molecule has 5 nitrogen and oxygen atoms in total. The van der Waals surface area contributed by atoms with Gasteiger partial charge < -0.3 is 9.88 Å². The molecule has 0 amide bonds. The highest BCUT2D eigenvalue weighted by Crippen LogP contribution is 2.31. The molecule has 0 aliphatic carbocycles. The molecule has 0 saturated carbocycles. The number of nitrogens with one attached hydrogen (secondary N) is 1. The molecule has 8 heteroatoms. The van der Waals surface area contributed by atoms with Crippen molar-refractivity contribution >= 4 is 11.0 Å². The van der Waals surface area contributed by atoms with Gasteiger partial charge in [0.25, 0.3) is 0 Å². The lowest BCUT2D eigenvalue weighted by atomic mass is 10.1. The maximum atomic E-state index is 13.0. The van der Waals surface area contributed by atoms with E-state index in [9.17, 15) is 13.2 Å². The second kappa shape index (κ2) is 5.34. The summed E-state index contributed by atoms with van der Waals surface area (Å²) in [6.45, 7) is 1.85. The van der Waals surface area contributed by atoms with Gasteiger partial charge in [0.2, 0.25) is 0 Å². The average molecular weight is 335 g/mol. The van der Waals surface area contributed by atoms with Crippen LogP contribution in [0.1, 0.15) is 22.6 Å². The fourth-order valence-electron chi connectivity index (χ4n) is 3.40. The van der Waals surface area contributed by atoms with Crippen LogP contribution in [-0.4, -0.2) is 25.9 Å². The summed E-state index contributed by atoms with van der Waals surface area (Å²) < 4.78 is 41.8. The summed E-state index contributed by atoms with van der Waals surface area (Å²) in [5.74, 6) is 0. The third-order valence-corrected chi connectivity index (χ3v) is 4.43. The molecular weight excluding hydrogens is 319 g/mol. The fraction of sp³-hybridized carbons (Fsp3) is 0.375. The van der Waals surface area contributed by atoms with E-state index < -0.39 is 11.9 Å². The predicted octanol–water partition coefficient (Wildman–Crippen LogP) is 2.48. The summed E-state index contributed by atoms with van der Waals surface area (Å²) in [6.07, 6.45) is -1.81. The SMILES string of the molecule is Cn1nc(Cn2c3c(c4cccnc42)CCNC3)cc1C(F)(F)F. The van der Waals surface area contributed by atoms with Crippen molar-refractivity contribution in [3.63, 3.8) is 0 Å². The Morgan fingerprint density at radius 2 is 2.17 bits per heavy atom. The van der Waals surface area contributed by atoms with Gasteiger partial charge in [0.1, 0.15) is 11.3 Å². The largest absolute Gasteiger partial charge is 0.433 e. The Morgan fingerprint density at radius 3 is 2.92 bits per heavy atom. The first-order valence-electron chi connectivity index (χ1n) is 7.71. The minimum atomic E-state index is -4.40. The summed E-state index contributed by atoms with van der Waals surface area (Å²) in [4.78, 5) is 4.44. The Bertz CT molecular complexity index is 906. The molecule has 0 unspecified atom stereocenters. The van der Waals surface area contributed by atoms with Gasteiger partial charge in [-0.25, -0.2) is 4.98 Å². The molecule has 3 aromatic heterocycles. The summed E-state index contributed by atoms with van der Waals surface area (Å²) in [6, 6.07) is 5.01. The van der Waals surface area contributed by atoms with Crippen molar-refractivity contribution < 1.29 is 13.2 Å². The Hall–Kier alpha value is -2.35. The van der Waals surface area contributed by atoms with E-state index in [4.69, 9.17) is 0 Å². The van der Waals surface area contributed by atoms with Crippen molar-refractivity contribution in [1.82, 2.24) is 24.6 Å². The molecule has 126 valence electrons. The highest BCUT2D eigenvalue weighted by atomic mass is 19.4. The Kier molecular flexibility index (Phi) is 3.38. The zero-order chi connectivity index (χ0) is 16.9. The van der Waals surface area contributed by atoms with E-state index in [0.717, 1.165) is 40.4 Å². The topological polar surface area (TPSA) is 47.7 Å². The van der Waals surface area contributed by atoms with Crippen LogP contribution in [0.4, 0.5) is 13.2 Å². The Labute approximate surface area is 136 Å². The standard InChI is InChI=1S/C16H16F3N5/c1-23-14(16(17,18)19)7-10(22-23)9-24-13-8-20-6-4-11(13)12-3-2-5-21-15(12)24/h2-3,5,7,20H,4,6,8-9H2,1H3. The Balaban J connectivity index is 1.81. The van der Waals surface area contributed by atoms with Crippen LogP contribution in [0, 0.1) is 0 Å². The summed E-state index contributed by atoms with van der Waals surface area (Å²) >= 11 is 0. The van der Waals surface area contributed by atoms with E-state index in [1.807, 2.05) is 16.7 Å². The van der Waals surface area contributed by atoms with Crippen LogP contribution in [0.3, 0.4) is 0 Å². The maximum absolute atomic E-state index is 13.0. The average Bonchev–Trinajstić information content (AvgIpc) is 3.07. The quantitative estimate of drug-likeness (QED) is 0.783. The molecule has 1 N–H and O–H groups in total. The van der Waals surface area contributed by atoms with Crippen molar-refractivity contribution in [1.29, 1.82) is 0 Å². The van der Waals surface area contributed by atoms with Gasteiger partial charge >= 0.3 is 6.18 Å². The molecule has 24 heavy (non-hydrogen) atoms. The van der Waals surface area contributed by atoms with E-state index in [1.54, 1.807) is 6.20 Å². The van der Waals surface area contributed by atoms with Crippen molar-refractivity contribution in [3.8, 4) is 0 Å². The molecule has 1 aliphatic rings. The van der Waals surface area contributed by atoms with Gasteiger partial charge in [0.05, 0.1) is 12.2 Å². The van der Waals surface area contributed by atoms with E-state index in [0.29, 0.717) is 12.2 Å². The zero-order valence-electron chi connectivity index (χ0n) is 13.1. The molecule has 0 aromatic carbocycles. The van der Waals surface area contributed by atoms with Gasteiger partial charge in [-0.05, 0) is 36.7 Å². The molecule has 1 aliphatic heterocycles. The molecule has 3 aromatic rings. The predicted molar refractivity (Wildman–Crippen MR) is 82.5 cm³/mol. The van der Waals surface area contributed by atoms with Gasteiger partial charge in [0, 0.05) is 30.9 Å². The number of rotatable bonds is 2. The van der Waals surface area contributed by atoms with Crippen molar-refractivity contribution in [2.75, 3.05) is 6.54 Å². The molecule has 4 rings (SSSR count). The first kappa shape index (κ1) is 15.2. The van der Waals surface area contributed by atoms with Crippen LogP contribution in [0.2, 0.25) is 0 Å². The highest BCUT2D eigenvalue weighted by molar-refractivity contribution is 5.82. The van der Waals surface area contributed by atoms with E-state index in [2.05, 4.69) is 15.4 Å². The summed E-state index contributed by atoms with van der Waals surface area (Å²) in [5, 5.41) is 8.42. The third kappa shape index (κ3) is 2.37. The monoisotopic (exact) mass is 335 g/mol. The lowest BCUT2D eigenvalue weighted by molar-refractivity contribution is -0.143. The summed E-state index contributed by atoms with van der Waals surface area (Å²) in [7, 11) is 1.31. The molecule has 0 spiro atoms. The van der Waals surface area contributed by atoms with Crippen LogP contribution in [0.25, 0.3) is 11.0 Å². The van der Waals surface area contributed by atoms with Gasteiger partial charge in [-0.15, -0.1) is 0 Å². The number of hydrogen-bond acceptors (Lipinski definition) is 3. The first-order chi connectivity index (χ1) is 11.4. The third-order valence-electron chi connectivity index (χ3n) is 4.43. The second-order valence-corrected chi connectivity index (χ2v) is 5.96. The second-order valence-electron chi connectivity index (χ2n) is 5.96. The van der Waals surface area contributed by atoms with E-state index in [-0.39, 0.29) is 6.54 Å². The van der Waals surface area contributed by atoms with Gasteiger partial charge in [-0.3, -0.25) is 4.68 Å². The molecular formula is C16H16F3N5. The van der Waals surface area contributed by atoms with E-state index in [1.165, 1.54) is 12.6 Å². The number of alkyl halides is 3. The van der Waals surface area contributed by atoms with Crippen molar-refractivity contribution in [2.45, 2.75) is 25.7 Å². The minimum absolute atomic E-state index is 0.272. The summed E-state index contributed by atoms with van der Waals surface area (Å²) in [5.41, 5.74) is 2.73. The van der Waals surface area contributed by atoms with Crippen molar-refractivity contribution in [2.24, 2.45) is 7.05 Å².